The van der Waals surface area contributed by atoms with Crippen molar-refractivity contribution in [2.24, 2.45) is 0 Å². The number of unbranched alkanes of at least 4 members (excludes halogenated alkanes) is 1. The van der Waals surface area contributed by atoms with Crippen molar-refractivity contribution in [2.75, 3.05) is 0 Å². The molecular formula is C23H21ClO2. The molecule has 0 heterocycles. The maximum absolute atomic E-state index is 12.2. The van der Waals surface area contributed by atoms with Crippen LogP contribution in [0.3, 0.4) is 0 Å². The first-order valence-corrected chi connectivity index (χ1v) is 9.20. The van der Waals surface area contributed by atoms with Crippen LogP contribution >= 0.6 is 11.6 Å². The summed E-state index contributed by atoms with van der Waals surface area (Å²) in [5.74, 6) is 0.0972. The molecule has 132 valence electrons. The molecular weight excluding hydrogens is 344 g/mol. The first-order valence-electron chi connectivity index (χ1n) is 8.83. The van der Waals surface area contributed by atoms with Crippen LogP contribution in [0.5, 0.6) is 5.75 Å². The molecule has 0 aromatic heterocycles. The Labute approximate surface area is 159 Å². The lowest BCUT2D eigenvalue weighted by molar-refractivity contribution is 0.0735. The summed E-state index contributed by atoms with van der Waals surface area (Å²) in [7, 11) is 0. The predicted molar refractivity (Wildman–Crippen MR) is 107 cm³/mol. The van der Waals surface area contributed by atoms with Crippen molar-refractivity contribution in [3.05, 3.63) is 88.9 Å². The zero-order chi connectivity index (χ0) is 18.4. The first-order chi connectivity index (χ1) is 12.7. The van der Waals surface area contributed by atoms with Gasteiger partial charge in [0, 0.05) is 5.02 Å². The number of hydrogen-bond acceptors (Lipinski definition) is 2. The average Bonchev–Trinajstić information content (AvgIpc) is 2.68. The van der Waals surface area contributed by atoms with E-state index < -0.39 is 0 Å². The molecule has 2 nitrogen and oxygen atoms in total. The van der Waals surface area contributed by atoms with Crippen molar-refractivity contribution in [1.82, 2.24) is 0 Å². The SMILES string of the molecule is CCCCc1ccc(-c2ccc(C(=O)Oc3ccc(Cl)cc3)cc2)cc1. The summed E-state index contributed by atoms with van der Waals surface area (Å²) in [5, 5.41) is 0.606. The van der Waals surface area contributed by atoms with Gasteiger partial charge in [-0.05, 0) is 65.9 Å². The number of halogens is 1. The topological polar surface area (TPSA) is 26.3 Å². The number of benzene rings is 3. The summed E-state index contributed by atoms with van der Waals surface area (Å²) < 4.78 is 5.36. The molecule has 3 aromatic carbocycles. The third kappa shape index (κ3) is 4.74. The number of esters is 1. The highest BCUT2D eigenvalue weighted by atomic mass is 35.5. The lowest BCUT2D eigenvalue weighted by Crippen LogP contribution is -2.08. The summed E-state index contributed by atoms with van der Waals surface area (Å²) in [4.78, 5) is 12.2. The fourth-order valence-electron chi connectivity index (χ4n) is 2.71. The third-order valence-electron chi connectivity index (χ3n) is 4.25. The lowest BCUT2D eigenvalue weighted by Gasteiger charge is -2.07. The van der Waals surface area contributed by atoms with Crippen molar-refractivity contribution in [3.63, 3.8) is 0 Å². The van der Waals surface area contributed by atoms with E-state index in [1.54, 1.807) is 36.4 Å². The molecule has 26 heavy (non-hydrogen) atoms. The number of carbonyl (C=O) groups is 1. The second-order valence-electron chi connectivity index (χ2n) is 6.22. The highest BCUT2D eigenvalue weighted by Gasteiger charge is 2.09. The monoisotopic (exact) mass is 364 g/mol. The molecule has 0 atom stereocenters. The molecule has 3 heteroatoms. The minimum absolute atomic E-state index is 0.381. The Balaban J connectivity index is 1.67. The largest absolute Gasteiger partial charge is 0.423 e. The molecule has 0 N–H and O–H groups in total. The van der Waals surface area contributed by atoms with Gasteiger partial charge in [-0.15, -0.1) is 0 Å². The van der Waals surface area contributed by atoms with E-state index in [9.17, 15) is 4.79 Å². The van der Waals surface area contributed by atoms with Gasteiger partial charge in [-0.2, -0.15) is 0 Å². The summed E-state index contributed by atoms with van der Waals surface area (Å²) in [5.41, 5.74) is 4.10. The summed E-state index contributed by atoms with van der Waals surface area (Å²) >= 11 is 5.83. The number of ether oxygens (including phenoxy) is 1. The van der Waals surface area contributed by atoms with Crippen LogP contribution in [0.1, 0.15) is 35.7 Å². The maximum Gasteiger partial charge on any atom is 0.343 e. The molecule has 3 rings (SSSR count). The molecule has 0 saturated heterocycles. The summed E-state index contributed by atoms with van der Waals surface area (Å²) in [6.07, 6.45) is 3.53. The molecule has 0 amide bonds. The van der Waals surface area contributed by atoms with Gasteiger partial charge in [0.25, 0.3) is 0 Å². The van der Waals surface area contributed by atoms with Gasteiger partial charge in [-0.25, -0.2) is 4.79 Å². The smallest absolute Gasteiger partial charge is 0.343 e. The zero-order valence-corrected chi connectivity index (χ0v) is 15.5. The molecule has 0 spiro atoms. The Morgan fingerprint density at radius 1 is 0.846 bits per heavy atom. The van der Waals surface area contributed by atoms with E-state index in [1.165, 1.54) is 18.4 Å². The molecule has 3 aromatic rings. The molecule has 0 fully saturated rings. The van der Waals surface area contributed by atoms with Crippen molar-refractivity contribution in [2.45, 2.75) is 26.2 Å². The van der Waals surface area contributed by atoms with E-state index in [0.29, 0.717) is 16.3 Å². The van der Waals surface area contributed by atoms with Gasteiger partial charge in [-0.3, -0.25) is 0 Å². The lowest BCUT2D eigenvalue weighted by atomic mass is 10.0. The second kappa shape index (κ2) is 8.68. The Hall–Kier alpha value is -2.58. The van der Waals surface area contributed by atoms with Gasteiger partial charge >= 0.3 is 5.97 Å². The average molecular weight is 365 g/mol. The van der Waals surface area contributed by atoms with Crippen LogP contribution in [0.2, 0.25) is 5.02 Å². The highest BCUT2D eigenvalue weighted by molar-refractivity contribution is 6.30. The number of rotatable bonds is 6. The summed E-state index contributed by atoms with van der Waals surface area (Å²) in [6.45, 7) is 2.20. The fraction of sp³-hybridized carbons (Fsp3) is 0.174. The third-order valence-corrected chi connectivity index (χ3v) is 4.50. The van der Waals surface area contributed by atoms with Gasteiger partial charge in [0.1, 0.15) is 5.75 Å². The van der Waals surface area contributed by atoms with Gasteiger partial charge < -0.3 is 4.74 Å². The molecule has 0 unspecified atom stereocenters. The first kappa shape index (κ1) is 18.2. The highest BCUT2D eigenvalue weighted by Crippen LogP contribution is 2.22. The van der Waals surface area contributed by atoms with Gasteiger partial charge in [-0.1, -0.05) is 61.3 Å². The number of carbonyl (C=O) groups excluding carboxylic acids is 1. The standard InChI is InChI=1S/C23H21ClO2/c1-2-3-4-17-5-7-18(8-6-17)19-9-11-20(12-10-19)23(25)26-22-15-13-21(24)14-16-22/h5-16H,2-4H2,1H3. The molecule has 0 saturated carbocycles. The molecule has 0 aliphatic heterocycles. The Morgan fingerprint density at radius 3 is 2.00 bits per heavy atom. The van der Waals surface area contributed by atoms with Crippen LogP contribution in [0.25, 0.3) is 11.1 Å². The van der Waals surface area contributed by atoms with Crippen molar-refractivity contribution in [1.29, 1.82) is 0 Å². The maximum atomic E-state index is 12.2. The van der Waals surface area contributed by atoms with Crippen molar-refractivity contribution in [3.8, 4) is 16.9 Å². The van der Waals surface area contributed by atoms with Crippen LogP contribution in [0, 0.1) is 0 Å². The van der Waals surface area contributed by atoms with Gasteiger partial charge in [0.05, 0.1) is 5.56 Å². The van der Waals surface area contributed by atoms with Crippen LogP contribution < -0.4 is 4.74 Å². The Morgan fingerprint density at radius 2 is 1.42 bits per heavy atom. The number of aryl methyl sites for hydroxylation is 1. The van der Waals surface area contributed by atoms with Crippen LogP contribution in [-0.4, -0.2) is 5.97 Å². The van der Waals surface area contributed by atoms with E-state index in [4.69, 9.17) is 16.3 Å². The van der Waals surface area contributed by atoms with E-state index >= 15 is 0 Å². The predicted octanol–water partition coefficient (Wildman–Crippen LogP) is 6.57. The van der Waals surface area contributed by atoms with Crippen LogP contribution in [-0.2, 0) is 6.42 Å². The quantitative estimate of drug-likeness (QED) is 0.365. The van der Waals surface area contributed by atoms with Gasteiger partial charge in [0.15, 0.2) is 0 Å². The minimum Gasteiger partial charge on any atom is -0.423 e. The molecule has 0 radical (unpaired) electrons. The van der Waals surface area contributed by atoms with Crippen LogP contribution in [0.4, 0.5) is 0 Å². The van der Waals surface area contributed by atoms with Gasteiger partial charge in [0.2, 0.25) is 0 Å². The zero-order valence-electron chi connectivity index (χ0n) is 14.7. The van der Waals surface area contributed by atoms with E-state index in [2.05, 4.69) is 31.2 Å². The minimum atomic E-state index is -0.381. The molecule has 0 bridgehead atoms. The van der Waals surface area contributed by atoms with Crippen molar-refractivity contribution >= 4 is 17.6 Å². The Bertz CT molecular complexity index is 850. The van der Waals surface area contributed by atoms with Crippen LogP contribution in [0.15, 0.2) is 72.8 Å². The fourth-order valence-corrected chi connectivity index (χ4v) is 2.84. The van der Waals surface area contributed by atoms with E-state index in [1.807, 2.05) is 12.1 Å². The Kier molecular flexibility index (Phi) is 6.08. The van der Waals surface area contributed by atoms with E-state index in [-0.39, 0.29) is 5.97 Å². The van der Waals surface area contributed by atoms with Crippen molar-refractivity contribution < 1.29 is 9.53 Å². The van der Waals surface area contributed by atoms with E-state index in [0.717, 1.165) is 17.5 Å². The second-order valence-corrected chi connectivity index (χ2v) is 6.66. The molecule has 0 aliphatic rings. The normalized spacial score (nSPS) is 10.5. The summed E-state index contributed by atoms with van der Waals surface area (Å²) in [6, 6.07) is 22.8. The number of hydrogen-bond donors (Lipinski definition) is 0. The molecule has 0 aliphatic carbocycles.